The van der Waals surface area contributed by atoms with Crippen molar-refractivity contribution in [1.29, 1.82) is 0 Å². The molecule has 0 fully saturated rings. The van der Waals surface area contributed by atoms with Crippen LogP contribution in [0.1, 0.15) is 13.8 Å². The third-order valence-corrected chi connectivity index (χ3v) is 0.461. The van der Waals surface area contributed by atoms with Crippen LogP contribution in [0.2, 0.25) is 0 Å². The molecule has 0 amide bonds. The van der Waals surface area contributed by atoms with Gasteiger partial charge < -0.3 is 10.5 Å². The quantitative estimate of drug-likeness (QED) is 0.549. The smallest absolute Gasteiger partial charge is 0.106 e. The van der Waals surface area contributed by atoms with Crippen LogP contribution >= 0.6 is 0 Å². The number of rotatable bonds is 2. The van der Waals surface area contributed by atoms with E-state index >= 15 is 0 Å². The summed E-state index contributed by atoms with van der Waals surface area (Å²) in [4.78, 5) is 0. The van der Waals surface area contributed by atoms with E-state index in [0.717, 1.165) is 5.57 Å². The average Bonchev–Trinajstić information content (AvgIpc) is 1.66. The van der Waals surface area contributed by atoms with Gasteiger partial charge in [0.25, 0.3) is 0 Å². The van der Waals surface area contributed by atoms with Gasteiger partial charge in [-0.05, 0) is 19.4 Å². The molecule has 0 bridgehead atoms. The van der Waals surface area contributed by atoms with Gasteiger partial charge in [-0.3, -0.25) is 0 Å². The fourth-order valence-electron chi connectivity index (χ4n) is 0.221. The fourth-order valence-corrected chi connectivity index (χ4v) is 0.221. The molecule has 0 spiro atoms. The molecule has 2 nitrogen and oxygen atoms in total. The van der Waals surface area contributed by atoms with E-state index in [2.05, 4.69) is 0 Å². The minimum absolute atomic E-state index is 1.11. The van der Waals surface area contributed by atoms with Gasteiger partial charge in [0.15, 0.2) is 0 Å². The van der Waals surface area contributed by atoms with Gasteiger partial charge in [0.2, 0.25) is 0 Å². The third kappa shape index (κ3) is 5.08. The van der Waals surface area contributed by atoms with Crippen LogP contribution in [0.5, 0.6) is 0 Å². The molecule has 0 radical (unpaired) electrons. The predicted molar refractivity (Wildman–Crippen MR) is 33.8 cm³/mol. The van der Waals surface area contributed by atoms with Gasteiger partial charge in [0.1, 0.15) is 6.26 Å². The van der Waals surface area contributed by atoms with Crippen LogP contribution in [0.3, 0.4) is 0 Å². The number of ether oxygens (including phenoxy) is 1. The summed E-state index contributed by atoms with van der Waals surface area (Å²) in [5.74, 6) is 0. The number of hydrogen-bond acceptors (Lipinski definition) is 2. The van der Waals surface area contributed by atoms with Crippen LogP contribution in [0.15, 0.2) is 24.3 Å². The van der Waals surface area contributed by atoms with Gasteiger partial charge in [-0.25, -0.2) is 0 Å². The van der Waals surface area contributed by atoms with Crippen molar-refractivity contribution in [3.8, 4) is 0 Å². The first-order valence-electron chi connectivity index (χ1n) is 2.43. The second kappa shape index (κ2) is 4.24. The highest BCUT2D eigenvalue weighted by Crippen LogP contribution is 1.88. The summed E-state index contributed by atoms with van der Waals surface area (Å²) in [5, 5.41) is 0. The van der Waals surface area contributed by atoms with Crippen LogP contribution in [0, 0.1) is 0 Å². The second-order valence-corrected chi connectivity index (χ2v) is 1.66. The molecule has 0 heterocycles. The first-order valence-corrected chi connectivity index (χ1v) is 2.43. The molecule has 46 valence electrons. The molecule has 0 saturated heterocycles. The molecule has 2 N–H and O–H groups in total. The normalized spacial score (nSPS) is 9.25. The molecule has 0 aromatic carbocycles. The van der Waals surface area contributed by atoms with Crippen molar-refractivity contribution in [2.45, 2.75) is 13.8 Å². The lowest BCUT2D eigenvalue weighted by atomic mass is 10.4. The lowest BCUT2D eigenvalue weighted by molar-refractivity contribution is 0.397. The molecule has 0 aromatic rings. The van der Waals surface area contributed by atoms with Gasteiger partial charge in [-0.15, -0.1) is 0 Å². The zero-order valence-electron chi connectivity index (χ0n) is 5.22. The maximum absolute atomic E-state index is 4.98. The van der Waals surface area contributed by atoms with E-state index in [4.69, 9.17) is 10.5 Å². The summed E-state index contributed by atoms with van der Waals surface area (Å²) in [6.07, 6.45) is 4.40. The maximum Gasteiger partial charge on any atom is 0.106 e. The van der Waals surface area contributed by atoms with E-state index in [1.165, 1.54) is 12.5 Å². The van der Waals surface area contributed by atoms with Crippen LogP contribution in [0.4, 0.5) is 0 Å². The Morgan fingerprint density at radius 3 is 2.50 bits per heavy atom. The van der Waals surface area contributed by atoms with E-state index in [1.54, 1.807) is 6.26 Å². The Morgan fingerprint density at radius 2 is 2.12 bits per heavy atom. The lowest BCUT2D eigenvalue weighted by Crippen LogP contribution is -1.76. The largest absolute Gasteiger partial charge is 0.471 e. The highest BCUT2D eigenvalue weighted by atomic mass is 16.5. The van der Waals surface area contributed by atoms with E-state index in [-0.39, 0.29) is 0 Å². The van der Waals surface area contributed by atoms with Gasteiger partial charge >= 0.3 is 0 Å². The Balaban J connectivity index is 3.30. The van der Waals surface area contributed by atoms with Crippen molar-refractivity contribution in [3.63, 3.8) is 0 Å². The molecule has 0 aliphatic carbocycles. The summed E-state index contributed by atoms with van der Waals surface area (Å²) in [7, 11) is 0. The van der Waals surface area contributed by atoms with Gasteiger partial charge in [-0.1, -0.05) is 0 Å². The summed E-state index contributed by atoms with van der Waals surface area (Å²) in [5.41, 5.74) is 6.09. The number of hydrogen-bond donors (Lipinski definition) is 1. The second-order valence-electron chi connectivity index (χ2n) is 1.66. The van der Waals surface area contributed by atoms with Crippen LogP contribution in [0.25, 0.3) is 0 Å². The van der Waals surface area contributed by atoms with Crippen molar-refractivity contribution in [1.82, 2.24) is 0 Å². The van der Waals surface area contributed by atoms with Crippen molar-refractivity contribution in [2.75, 3.05) is 0 Å². The SMILES string of the molecule is CC(C)=CO/C=C\N. The first kappa shape index (κ1) is 7.08. The van der Waals surface area contributed by atoms with Crippen LogP contribution < -0.4 is 5.73 Å². The van der Waals surface area contributed by atoms with Crippen molar-refractivity contribution in [3.05, 3.63) is 24.3 Å². The van der Waals surface area contributed by atoms with E-state index in [1.807, 2.05) is 13.8 Å². The van der Waals surface area contributed by atoms with Gasteiger partial charge in [0.05, 0.1) is 6.26 Å². The summed E-state index contributed by atoms with van der Waals surface area (Å²) < 4.78 is 4.78. The zero-order valence-corrected chi connectivity index (χ0v) is 5.22. The zero-order chi connectivity index (χ0) is 6.41. The molecule has 2 heteroatoms. The van der Waals surface area contributed by atoms with E-state index in [0.29, 0.717) is 0 Å². The average molecular weight is 113 g/mol. The summed E-state index contributed by atoms with van der Waals surface area (Å²) in [6, 6.07) is 0. The third-order valence-electron chi connectivity index (χ3n) is 0.461. The molecule has 8 heavy (non-hydrogen) atoms. The summed E-state index contributed by atoms with van der Waals surface area (Å²) >= 11 is 0. The Labute approximate surface area is 49.6 Å². The fraction of sp³-hybridized carbons (Fsp3) is 0.333. The Bertz CT molecular complexity index is 101. The Kier molecular flexibility index (Phi) is 3.76. The molecule has 0 rings (SSSR count). The molecule has 0 saturated carbocycles. The van der Waals surface area contributed by atoms with Crippen molar-refractivity contribution < 1.29 is 4.74 Å². The van der Waals surface area contributed by atoms with Gasteiger partial charge in [-0.2, -0.15) is 0 Å². The maximum atomic E-state index is 4.98. The molecule has 0 aromatic heterocycles. The predicted octanol–water partition coefficient (Wildman–Crippen LogP) is 1.36. The minimum Gasteiger partial charge on any atom is -0.471 e. The van der Waals surface area contributed by atoms with Crippen LogP contribution in [-0.2, 0) is 4.74 Å². The monoisotopic (exact) mass is 113 g/mol. The molecule has 0 atom stereocenters. The highest BCUT2D eigenvalue weighted by Gasteiger charge is 1.70. The van der Waals surface area contributed by atoms with Crippen LogP contribution in [-0.4, -0.2) is 0 Å². The van der Waals surface area contributed by atoms with Crippen molar-refractivity contribution >= 4 is 0 Å². The Morgan fingerprint density at radius 1 is 1.50 bits per heavy atom. The Hall–Kier alpha value is -0.920. The number of allylic oxidation sites excluding steroid dienone is 1. The molecule has 0 aliphatic heterocycles. The minimum atomic E-state index is 1.11. The molecular weight excluding hydrogens is 102 g/mol. The van der Waals surface area contributed by atoms with E-state index < -0.39 is 0 Å². The number of nitrogens with two attached hydrogens (primary N) is 1. The summed E-state index contributed by atoms with van der Waals surface area (Å²) in [6.45, 7) is 3.90. The van der Waals surface area contributed by atoms with Crippen molar-refractivity contribution in [2.24, 2.45) is 5.73 Å². The lowest BCUT2D eigenvalue weighted by Gasteiger charge is -1.88. The molecule has 0 unspecified atom stereocenters. The topological polar surface area (TPSA) is 35.2 Å². The molecular formula is C6H11NO. The van der Waals surface area contributed by atoms with Gasteiger partial charge in [0, 0.05) is 6.20 Å². The highest BCUT2D eigenvalue weighted by molar-refractivity contribution is 4.87. The first-order chi connectivity index (χ1) is 3.77. The molecule has 0 aliphatic rings. The standard InChI is InChI=1S/C6H11NO/c1-6(2)5-8-4-3-7/h3-5H,7H2,1-2H3/b4-3-. The van der Waals surface area contributed by atoms with E-state index in [9.17, 15) is 0 Å².